The van der Waals surface area contributed by atoms with Gasteiger partial charge in [0.15, 0.2) is 0 Å². The van der Waals surface area contributed by atoms with Crippen LogP contribution in [0, 0.1) is 11.8 Å². The number of carboxylic acids is 1. The number of ether oxygens (including phenoxy) is 1. The molecule has 2 fully saturated rings. The Balaban J connectivity index is 1.22. The molecule has 3 aliphatic rings. The number of anilines is 1. The summed E-state index contributed by atoms with van der Waals surface area (Å²) < 4.78 is 5.73. The Kier molecular flexibility index (Phi) is 8.29. The molecule has 4 rings (SSSR count). The van der Waals surface area contributed by atoms with E-state index in [-0.39, 0.29) is 30.6 Å². The molecule has 0 bridgehead atoms. The predicted molar refractivity (Wildman–Crippen MR) is 129 cm³/mol. The van der Waals surface area contributed by atoms with Crippen molar-refractivity contribution >= 4 is 23.8 Å². The van der Waals surface area contributed by atoms with Crippen LogP contribution >= 0.6 is 0 Å². The zero-order valence-corrected chi connectivity index (χ0v) is 19.9. The Morgan fingerprint density at radius 2 is 1.74 bits per heavy atom. The maximum atomic E-state index is 12.7. The lowest BCUT2D eigenvalue weighted by Crippen LogP contribution is -2.39. The topological polar surface area (TPSA) is 108 Å². The van der Waals surface area contributed by atoms with Crippen LogP contribution < -0.4 is 10.6 Å². The standard InChI is InChI=1S/C26H37N3O5/c30-24(31)14-18-6-10-23(11-7-18)34-26(33)29-13-12-20-15-22(9-8-21(20)17-29)28-25(32)27-16-19-4-2-1-3-5-19/h8-9,15,18-19,23H,1-7,10-14,16-17H2,(H,30,31)(H2,27,28,32). The zero-order valence-electron chi connectivity index (χ0n) is 19.9. The lowest BCUT2D eigenvalue weighted by atomic mass is 9.85. The maximum absolute atomic E-state index is 12.7. The van der Waals surface area contributed by atoms with Crippen LogP contribution in [0.25, 0.3) is 0 Å². The van der Waals surface area contributed by atoms with E-state index in [1.807, 2.05) is 18.2 Å². The Hall–Kier alpha value is -2.77. The monoisotopic (exact) mass is 471 g/mol. The second kappa shape index (κ2) is 11.6. The molecule has 0 unspecified atom stereocenters. The number of carbonyl (C=O) groups is 3. The third-order valence-electron chi connectivity index (χ3n) is 7.54. The van der Waals surface area contributed by atoms with Gasteiger partial charge in [-0.05, 0) is 80.0 Å². The summed E-state index contributed by atoms with van der Waals surface area (Å²) in [5.74, 6) is 0.0193. The molecule has 1 aliphatic heterocycles. The molecule has 0 radical (unpaired) electrons. The number of urea groups is 1. The smallest absolute Gasteiger partial charge is 0.410 e. The third kappa shape index (κ3) is 6.87. The number of nitrogens with zero attached hydrogens (tertiary/aromatic N) is 1. The first kappa shape index (κ1) is 24.4. The van der Waals surface area contributed by atoms with Gasteiger partial charge in [0.2, 0.25) is 0 Å². The fourth-order valence-corrected chi connectivity index (χ4v) is 5.51. The molecule has 1 aromatic rings. The summed E-state index contributed by atoms with van der Waals surface area (Å²) in [5.41, 5.74) is 2.99. The first-order chi connectivity index (χ1) is 16.5. The Bertz CT molecular complexity index is 875. The van der Waals surface area contributed by atoms with Crippen molar-refractivity contribution < 1.29 is 24.2 Å². The highest BCUT2D eigenvalue weighted by molar-refractivity contribution is 5.89. The lowest BCUT2D eigenvalue weighted by Gasteiger charge is -2.32. The molecule has 1 heterocycles. The van der Waals surface area contributed by atoms with Gasteiger partial charge in [0.25, 0.3) is 0 Å². The molecule has 2 saturated carbocycles. The number of rotatable bonds is 6. The minimum absolute atomic E-state index is 0.127. The van der Waals surface area contributed by atoms with Crippen LogP contribution in [0.15, 0.2) is 18.2 Å². The molecule has 3 amide bonds. The van der Waals surface area contributed by atoms with Crippen LogP contribution in [0.4, 0.5) is 15.3 Å². The average Bonchev–Trinajstić information content (AvgIpc) is 2.84. The van der Waals surface area contributed by atoms with Crippen molar-refractivity contribution in [3.63, 3.8) is 0 Å². The van der Waals surface area contributed by atoms with Gasteiger partial charge in [-0.3, -0.25) is 4.79 Å². The molecule has 0 atom stereocenters. The largest absolute Gasteiger partial charge is 0.481 e. The van der Waals surface area contributed by atoms with Crippen molar-refractivity contribution in [2.45, 2.75) is 83.3 Å². The molecule has 8 heteroatoms. The number of hydrogen-bond donors (Lipinski definition) is 3. The van der Waals surface area contributed by atoms with E-state index in [0.29, 0.717) is 19.0 Å². The van der Waals surface area contributed by atoms with E-state index >= 15 is 0 Å². The first-order valence-electron chi connectivity index (χ1n) is 12.8. The van der Waals surface area contributed by atoms with Gasteiger partial charge < -0.3 is 25.4 Å². The number of fused-ring (bicyclic) bond motifs is 1. The quantitative estimate of drug-likeness (QED) is 0.546. The van der Waals surface area contributed by atoms with Crippen molar-refractivity contribution in [3.05, 3.63) is 29.3 Å². The van der Waals surface area contributed by atoms with E-state index in [0.717, 1.165) is 55.5 Å². The summed E-state index contributed by atoms with van der Waals surface area (Å²) in [6.07, 6.45) is 9.75. The van der Waals surface area contributed by atoms with Crippen molar-refractivity contribution in [2.75, 3.05) is 18.4 Å². The highest BCUT2D eigenvalue weighted by Crippen LogP contribution is 2.30. The summed E-state index contributed by atoms with van der Waals surface area (Å²) in [6, 6.07) is 5.70. The number of benzene rings is 1. The van der Waals surface area contributed by atoms with Gasteiger partial charge in [-0.25, -0.2) is 9.59 Å². The molecule has 3 N–H and O–H groups in total. The first-order valence-corrected chi connectivity index (χ1v) is 12.8. The molecule has 0 aromatic heterocycles. The van der Waals surface area contributed by atoms with Crippen molar-refractivity contribution in [3.8, 4) is 0 Å². The number of carboxylic acid groups (broad SMARTS) is 1. The highest BCUT2D eigenvalue weighted by Gasteiger charge is 2.28. The van der Waals surface area contributed by atoms with Crippen molar-refractivity contribution in [1.29, 1.82) is 0 Å². The molecule has 186 valence electrons. The Labute approximate surface area is 201 Å². The van der Waals surface area contributed by atoms with E-state index < -0.39 is 5.97 Å². The summed E-state index contributed by atoms with van der Waals surface area (Å²) in [6.45, 7) is 1.81. The zero-order chi connectivity index (χ0) is 23.9. The van der Waals surface area contributed by atoms with Crippen LogP contribution in [0.3, 0.4) is 0 Å². The number of aliphatic carboxylic acids is 1. The highest BCUT2D eigenvalue weighted by atomic mass is 16.6. The Morgan fingerprint density at radius 1 is 0.971 bits per heavy atom. The van der Waals surface area contributed by atoms with Crippen molar-refractivity contribution in [2.24, 2.45) is 11.8 Å². The van der Waals surface area contributed by atoms with E-state index in [4.69, 9.17) is 9.84 Å². The van der Waals surface area contributed by atoms with E-state index in [1.54, 1.807) is 4.90 Å². The normalized spacial score (nSPS) is 23.0. The summed E-state index contributed by atoms with van der Waals surface area (Å²) in [5, 5.41) is 14.9. The van der Waals surface area contributed by atoms with Crippen LogP contribution in [0.1, 0.15) is 75.3 Å². The number of hydrogen-bond acceptors (Lipinski definition) is 4. The van der Waals surface area contributed by atoms with E-state index in [9.17, 15) is 14.4 Å². The molecule has 0 saturated heterocycles. The van der Waals surface area contributed by atoms with E-state index in [2.05, 4.69) is 10.6 Å². The number of carbonyl (C=O) groups excluding carboxylic acids is 2. The molecule has 0 spiro atoms. The molecule has 34 heavy (non-hydrogen) atoms. The summed E-state index contributed by atoms with van der Waals surface area (Å²) in [7, 11) is 0. The van der Waals surface area contributed by atoms with Gasteiger partial charge in [-0.1, -0.05) is 25.3 Å². The predicted octanol–water partition coefficient (Wildman–Crippen LogP) is 4.92. The van der Waals surface area contributed by atoms with Gasteiger partial charge in [0.1, 0.15) is 6.10 Å². The molecular formula is C26H37N3O5. The number of nitrogens with one attached hydrogen (secondary N) is 2. The molecule has 8 nitrogen and oxygen atoms in total. The molecular weight excluding hydrogens is 434 g/mol. The summed E-state index contributed by atoms with van der Waals surface area (Å²) in [4.78, 5) is 37.6. The minimum atomic E-state index is -0.758. The third-order valence-corrected chi connectivity index (χ3v) is 7.54. The summed E-state index contributed by atoms with van der Waals surface area (Å²) >= 11 is 0. The second-order valence-corrected chi connectivity index (χ2v) is 10.1. The van der Waals surface area contributed by atoms with Crippen LogP contribution in [0.5, 0.6) is 0 Å². The average molecular weight is 472 g/mol. The SMILES string of the molecule is O=C(O)CC1CCC(OC(=O)N2CCc3cc(NC(=O)NCC4CCCCC4)ccc3C2)CC1. The van der Waals surface area contributed by atoms with E-state index in [1.165, 1.54) is 32.1 Å². The number of amides is 3. The van der Waals surface area contributed by atoms with Gasteiger partial charge in [-0.15, -0.1) is 0 Å². The Morgan fingerprint density at radius 3 is 2.47 bits per heavy atom. The molecule has 1 aromatic carbocycles. The van der Waals surface area contributed by atoms with Gasteiger partial charge in [0.05, 0.1) is 0 Å². The fraction of sp³-hybridized carbons (Fsp3) is 0.654. The van der Waals surface area contributed by atoms with Gasteiger partial charge >= 0.3 is 18.1 Å². The van der Waals surface area contributed by atoms with Crippen molar-refractivity contribution in [1.82, 2.24) is 10.2 Å². The molecule has 2 aliphatic carbocycles. The fourth-order valence-electron chi connectivity index (χ4n) is 5.51. The van der Waals surface area contributed by atoms with Crippen LogP contribution in [0.2, 0.25) is 0 Å². The minimum Gasteiger partial charge on any atom is -0.481 e. The van der Waals surface area contributed by atoms with Gasteiger partial charge in [-0.2, -0.15) is 0 Å². The van der Waals surface area contributed by atoms with Crippen LogP contribution in [-0.4, -0.2) is 47.3 Å². The van der Waals surface area contributed by atoms with Crippen LogP contribution in [-0.2, 0) is 22.5 Å². The maximum Gasteiger partial charge on any atom is 0.410 e. The lowest BCUT2D eigenvalue weighted by molar-refractivity contribution is -0.138. The van der Waals surface area contributed by atoms with Gasteiger partial charge in [0, 0.05) is 31.7 Å². The second-order valence-electron chi connectivity index (χ2n) is 10.1.